The molecule has 0 saturated carbocycles. The van der Waals surface area contributed by atoms with Crippen LogP contribution in [0.5, 0.6) is 0 Å². The van der Waals surface area contributed by atoms with Gasteiger partial charge in [0.1, 0.15) is 0 Å². The van der Waals surface area contributed by atoms with Gasteiger partial charge in [-0.25, -0.2) is 4.79 Å². The van der Waals surface area contributed by atoms with Crippen molar-refractivity contribution in [1.29, 1.82) is 0 Å². The molecule has 2 aromatic rings. The molecule has 0 aliphatic heterocycles. The minimum Gasteiger partial charge on any atom is -0.452 e. The van der Waals surface area contributed by atoms with E-state index >= 15 is 0 Å². The molecule has 5 nitrogen and oxygen atoms in total. The van der Waals surface area contributed by atoms with Crippen molar-refractivity contribution in [1.82, 2.24) is 0 Å². The molecule has 7 heteroatoms. The monoisotopic (exact) mass is 352 g/mol. The highest BCUT2D eigenvalue weighted by Gasteiger charge is 2.15. The molecule has 120 valence electrons. The first-order valence-corrected chi connectivity index (χ1v) is 7.42. The van der Waals surface area contributed by atoms with Crippen molar-refractivity contribution in [2.75, 3.05) is 17.7 Å². The molecular formula is C16H14Cl2N2O3. The molecule has 0 aliphatic carbocycles. The second-order valence-electron chi connectivity index (χ2n) is 4.76. The normalized spacial score (nSPS) is 10.2. The number of aryl methyl sites for hydroxylation is 1. The molecule has 2 aromatic carbocycles. The van der Waals surface area contributed by atoms with Crippen molar-refractivity contribution < 1.29 is 14.3 Å². The average molecular weight is 353 g/mol. The molecule has 0 aliphatic rings. The Labute approximate surface area is 143 Å². The fraction of sp³-hybridized carbons (Fsp3) is 0.125. The lowest BCUT2D eigenvalue weighted by molar-refractivity contribution is -0.119. The third kappa shape index (κ3) is 4.15. The fourth-order valence-electron chi connectivity index (χ4n) is 1.86. The van der Waals surface area contributed by atoms with Crippen LogP contribution in [0.25, 0.3) is 0 Å². The first-order valence-electron chi connectivity index (χ1n) is 6.66. The van der Waals surface area contributed by atoms with Gasteiger partial charge in [-0.15, -0.1) is 0 Å². The molecule has 0 spiro atoms. The van der Waals surface area contributed by atoms with Crippen molar-refractivity contribution in [3.8, 4) is 0 Å². The van der Waals surface area contributed by atoms with Crippen LogP contribution < -0.4 is 11.1 Å². The number of carbonyl (C=O) groups is 2. The van der Waals surface area contributed by atoms with Gasteiger partial charge in [0.05, 0.1) is 21.3 Å². The van der Waals surface area contributed by atoms with Gasteiger partial charge >= 0.3 is 5.97 Å². The van der Waals surface area contributed by atoms with Crippen molar-refractivity contribution in [2.45, 2.75) is 6.92 Å². The SMILES string of the molecule is Cc1cccc(C(=O)OCC(=O)Nc2c(Cl)cccc2Cl)c1N. The fourth-order valence-corrected chi connectivity index (χ4v) is 2.35. The Balaban J connectivity index is 1.99. The van der Waals surface area contributed by atoms with E-state index in [-0.39, 0.29) is 11.3 Å². The van der Waals surface area contributed by atoms with E-state index in [0.717, 1.165) is 5.56 Å². The molecule has 0 atom stereocenters. The first kappa shape index (κ1) is 17.1. The number of esters is 1. The van der Waals surface area contributed by atoms with Gasteiger partial charge < -0.3 is 15.8 Å². The van der Waals surface area contributed by atoms with Gasteiger partial charge in [-0.2, -0.15) is 0 Å². The Bertz CT molecular complexity index is 743. The molecule has 2 rings (SSSR count). The van der Waals surface area contributed by atoms with Crippen molar-refractivity contribution >= 4 is 46.5 Å². The molecule has 1 amide bonds. The van der Waals surface area contributed by atoms with Crippen LogP contribution in [0, 0.1) is 6.92 Å². The summed E-state index contributed by atoms with van der Waals surface area (Å²) in [6.45, 7) is 1.30. The summed E-state index contributed by atoms with van der Waals surface area (Å²) in [5, 5.41) is 3.08. The first-order chi connectivity index (χ1) is 10.9. The Morgan fingerprint density at radius 1 is 1.13 bits per heavy atom. The number of rotatable bonds is 4. The van der Waals surface area contributed by atoms with E-state index in [1.54, 1.807) is 37.3 Å². The number of amides is 1. The van der Waals surface area contributed by atoms with E-state index < -0.39 is 18.5 Å². The number of para-hydroxylation sites is 2. The summed E-state index contributed by atoms with van der Waals surface area (Å²) < 4.78 is 4.96. The number of halogens is 2. The largest absolute Gasteiger partial charge is 0.452 e. The number of carbonyl (C=O) groups excluding carboxylic acids is 2. The zero-order valence-electron chi connectivity index (χ0n) is 12.2. The topological polar surface area (TPSA) is 81.4 Å². The number of hydrogen-bond donors (Lipinski definition) is 2. The summed E-state index contributed by atoms with van der Waals surface area (Å²) in [6, 6.07) is 9.82. The van der Waals surface area contributed by atoms with E-state index in [2.05, 4.69) is 5.32 Å². The summed E-state index contributed by atoms with van der Waals surface area (Å²) in [5.74, 6) is -1.23. The molecular weight excluding hydrogens is 339 g/mol. The van der Waals surface area contributed by atoms with Crippen molar-refractivity contribution in [2.24, 2.45) is 0 Å². The number of nitrogens with two attached hydrogens (primary N) is 1. The quantitative estimate of drug-likeness (QED) is 0.649. The molecule has 0 fully saturated rings. The standard InChI is InChI=1S/C16H14Cl2N2O3/c1-9-4-2-5-10(14(9)19)16(22)23-8-13(21)20-15-11(17)6-3-7-12(15)18/h2-7H,8,19H2,1H3,(H,20,21). The van der Waals surface area contributed by atoms with E-state index in [0.29, 0.717) is 15.7 Å². The zero-order valence-corrected chi connectivity index (χ0v) is 13.7. The van der Waals surface area contributed by atoms with E-state index in [4.69, 9.17) is 33.7 Å². The Hall–Kier alpha value is -2.24. The molecule has 0 heterocycles. The minimum absolute atomic E-state index is 0.216. The summed E-state index contributed by atoms with van der Waals surface area (Å²) in [5.41, 5.74) is 7.39. The Morgan fingerprint density at radius 3 is 2.39 bits per heavy atom. The lowest BCUT2D eigenvalue weighted by atomic mass is 10.1. The second kappa shape index (κ2) is 7.35. The minimum atomic E-state index is -0.674. The maximum atomic E-state index is 12.0. The van der Waals surface area contributed by atoms with Gasteiger partial charge in [0.2, 0.25) is 0 Å². The van der Waals surface area contributed by atoms with Crippen LogP contribution in [0.1, 0.15) is 15.9 Å². The number of anilines is 2. The molecule has 0 aromatic heterocycles. The molecule has 0 unspecified atom stereocenters. The Kier molecular flexibility index (Phi) is 5.47. The van der Waals surface area contributed by atoms with Crippen LogP contribution in [-0.2, 0) is 9.53 Å². The van der Waals surface area contributed by atoms with Crippen molar-refractivity contribution in [3.05, 3.63) is 57.6 Å². The van der Waals surface area contributed by atoms with Gasteiger partial charge in [0.25, 0.3) is 5.91 Å². The molecule has 0 saturated heterocycles. The van der Waals surface area contributed by atoms with E-state index in [1.807, 2.05) is 0 Å². The van der Waals surface area contributed by atoms with Crippen LogP contribution >= 0.6 is 23.2 Å². The van der Waals surface area contributed by atoms with Crippen LogP contribution in [0.4, 0.5) is 11.4 Å². The maximum Gasteiger partial charge on any atom is 0.340 e. The lowest BCUT2D eigenvalue weighted by Gasteiger charge is -2.10. The molecule has 23 heavy (non-hydrogen) atoms. The highest BCUT2D eigenvalue weighted by Crippen LogP contribution is 2.29. The summed E-state index contributed by atoms with van der Waals surface area (Å²) in [7, 11) is 0. The molecule has 0 radical (unpaired) electrons. The van der Waals surface area contributed by atoms with Gasteiger partial charge in [-0.05, 0) is 30.7 Å². The highest BCUT2D eigenvalue weighted by molar-refractivity contribution is 6.39. The predicted octanol–water partition coefficient (Wildman–Crippen LogP) is 3.68. The van der Waals surface area contributed by atoms with Gasteiger partial charge in [0.15, 0.2) is 6.61 Å². The number of nitrogen functional groups attached to an aromatic ring is 1. The maximum absolute atomic E-state index is 12.0. The predicted molar refractivity (Wildman–Crippen MR) is 91.0 cm³/mol. The van der Waals surface area contributed by atoms with Gasteiger partial charge in [-0.1, -0.05) is 41.4 Å². The number of ether oxygens (including phenoxy) is 1. The molecule has 3 N–H and O–H groups in total. The summed E-state index contributed by atoms with van der Waals surface area (Å²) in [4.78, 5) is 23.8. The third-order valence-electron chi connectivity index (χ3n) is 3.11. The number of hydrogen-bond acceptors (Lipinski definition) is 4. The number of benzene rings is 2. The average Bonchev–Trinajstić information content (AvgIpc) is 2.51. The van der Waals surface area contributed by atoms with E-state index in [9.17, 15) is 9.59 Å². The smallest absolute Gasteiger partial charge is 0.340 e. The van der Waals surface area contributed by atoms with Crippen LogP contribution in [0.2, 0.25) is 10.0 Å². The van der Waals surface area contributed by atoms with Gasteiger partial charge in [0, 0.05) is 5.69 Å². The highest BCUT2D eigenvalue weighted by atomic mass is 35.5. The number of nitrogens with one attached hydrogen (secondary N) is 1. The van der Waals surface area contributed by atoms with Crippen molar-refractivity contribution in [3.63, 3.8) is 0 Å². The van der Waals surface area contributed by atoms with Crippen LogP contribution in [0.15, 0.2) is 36.4 Å². The second-order valence-corrected chi connectivity index (χ2v) is 5.57. The Morgan fingerprint density at radius 2 is 1.74 bits per heavy atom. The summed E-state index contributed by atoms with van der Waals surface area (Å²) >= 11 is 11.9. The van der Waals surface area contributed by atoms with Crippen LogP contribution in [-0.4, -0.2) is 18.5 Å². The zero-order chi connectivity index (χ0) is 17.0. The summed E-state index contributed by atoms with van der Waals surface area (Å²) in [6.07, 6.45) is 0. The van der Waals surface area contributed by atoms with Gasteiger partial charge in [-0.3, -0.25) is 4.79 Å². The third-order valence-corrected chi connectivity index (χ3v) is 3.74. The lowest BCUT2D eigenvalue weighted by Crippen LogP contribution is -2.21. The van der Waals surface area contributed by atoms with Crippen LogP contribution in [0.3, 0.4) is 0 Å². The van der Waals surface area contributed by atoms with E-state index in [1.165, 1.54) is 6.07 Å². The molecule has 0 bridgehead atoms.